The van der Waals surface area contributed by atoms with Gasteiger partial charge in [0.25, 0.3) is 5.91 Å². The van der Waals surface area contributed by atoms with Crippen molar-refractivity contribution in [2.75, 3.05) is 10.6 Å². The summed E-state index contributed by atoms with van der Waals surface area (Å²) in [5.74, 6) is -1.38. The molecule has 0 unspecified atom stereocenters. The normalized spacial score (nSPS) is 10.4. The minimum absolute atomic E-state index is 0.0149. The molecule has 4 aromatic rings. The van der Waals surface area contributed by atoms with Gasteiger partial charge in [0, 0.05) is 37.1 Å². The molecule has 0 aliphatic carbocycles. The highest BCUT2D eigenvalue weighted by molar-refractivity contribution is 6.00. The van der Waals surface area contributed by atoms with Crippen LogP contribution in [0.3, 0.4) is 0 Å². The molecule has 188 valence electrons. The number of urea groups is 1. The zero-order valence-corrected chi connectivity index (χ0v) is 19.8. The number of nitrogens with one attached hydrogen (secondary N) is 4. The molecule has 0 saturated carbocycles. The number of H-pyrrole nitrogens is 1. The Morgan fingerprint density at radius 1 is 0.973 bits per heavy atom. The van der Waals surface area contributed by atoms with E-state index in [2.05, 4.69) is 25.4 Å². The third-order valence-electron chi connectivity index (χ3n) is 4.94. The van der Waals surface area contributed by atoms with E-state index < -0.39 is 23.7 Å². The summed E-state index contributed by atoms with van der Waals surface area (Å²) in [6, 6.07) is 15.4. The number of benzene rings is 2. The third-order valence-corrected chi connectivity index (χ3v) is 4.94. The van der Waals surface area contributed by atoms with Gasteiger partial charge in [-0.1, -0.05) is 12.1 Å². The molecular formula is C26H22FN5O5. The molecule has 0 aliphatic heterocycles. The van der Waals surface area contributed by atoms with Crippen molar-refractivity contribution in [1.82, 2.24) is 15.4 Å². The van der Waals surface area contributed by atoms with Gasteiger partial charge in [-0.3, -0.25) is 14.6 Å². The van der Waals surface area contributed by atoms with Crippen LogP contribution in [0.4, 0.5) is 20.6 Å². The zero-order valence-electron chi connectivity index (χ0n) is 19.8. The number of carbonyl (C=O) groups is 3. The third kappa shape index (κ3) is 6.69. The lowest BCUT2D eigenvalue weighted by molar-refractivity contribution is -0.146. The summed E-state index contributed by atoms with van der Waals surface area (Å²) in [6.45, 7) is 3.06. The van der Waals surface area contributed by atoms with Gasteiger partial charge in [-0.25, -0.2) is 9.18 Å². The molecule has 0 atom stereocenters. The van der Waals surface area contributed by atoms with Crippen LogP contribution in [0.5, 0.6) is 11.5 Å². The summed E-state index contributed by atoms with van der Waals surface area (Å²) in [6.07, 6.45) is 2.92. The number of aromatic amines is 1. The molecule has 37 heavy (non-hydrogen) atoms. The average molecular weight is 503 g/mol. The van der Waals surface area contributed by atoms with Crippen LogP contribution < -0.4 is 20.9 Å². The highest BCUT2D eigenvalue weighted by Gasteiger charge is 2.13. The van der Waals surface area contributed by atoms with Crippen LogP contribution >= 0.6 is 0 Å². The summed E-state index contributed by atoms with van der Waals surface area (Å²) >= 11 is 0. The minimum atomic E-state index is -0.682. The van der Waals surface area contributed by atoms with E-state index in [1.165, 1.54) is 30.6 Å². The second-order valence-electron chi connectivity index (χ2n) is 7.90. The quantitative estimate of drug-likeness (QED) is 0.268. The number of halogens is 1. The molecular weight excluding hydrogens is 481 g/mol. The number of hydrogen-bond acceptors (Lipinski definition) is 6. The van der Waals surface area contributed by atoms with E-state index in [1.54, 1.807) is 30.3 Å². The van der Waals surface area contributed by atoms with E-state index in [0.717, 1.165) is 18.6 Å². The van der Waals surface area contributed by atoms with Gasteiger partial charge in [-0.2, -0.15) is 5.48 Å². The van der Waals surface area contributed by atoms with Crippen molar-refractivity contribution in [3.05, 3.63) is 90.0 Å². The predicted octanol–water partition coefficient (Wildman–Crippen LogP) is 5.17. The molecule has 2 aromatic heterocycles. The first-order chi connectivity index (χ1) is 17.8. The van der Waals surface area contributed by atoms with E-state index >= 15 is 0 Å². The van der Waals surface area contributed by atoms with Gasteiger partial charge in [0.05, 0.1) is 22.6 Å². The van der Waals surface area contributed by atoms with Crippen molar-refractivity contribution >= 4 is 29.3 Å². The molecule has 3 amide bonds. The smallest absolute Gasteiger partial charge is 0.329 e. The van der Waals surface area contributed by atoms with Crippen molar-refractivity contribution in [1.29, 1.82) is 0 Å². The monoisotopic (exact) mass is 503 g/mol. The number of nitrogens with zero attached hydrogens (tertiary/aromatic N) is 1. The first-order valence-electron chi connectivity index (χ1n) is 11.0. The minimum Gasteiger partial charge on any atom is -0.457 e. The fourth-order valence-electron chi connectivity index (χ4n) is 3.28. The van der Waals surface area contributed by atoms with Crippen LogP contribution in [0.2, 0.25) is 0 Å². The fraction of sp³-hybridized carbons (Fsp3) is 0.0769. The molecule has 11 heteroatoms. The number of pyridine rings is 1. The fourth-order valence-corrected chi connectivity index (χ4v) is 3.28. The van der Waals surface area contributed by atoms with Crippen LogP contribution in [0.1, 0.15) is 22.8 Å². The molecule has 0 spiro atoms. The van der Waals surface area contributed by atoms with Gasteiger partial charge in [-0.15, -0.1) is 0 Å². The number of aryl methyl sites for hydroxylation is 1. The number of hydroxylamine groups is 1. The Morgan fingerprint density at radius 2 is 1.78 bits per heavy atom. The molecule has 0 radical (unpaired) electrons. The maximum absolute atomic E-state index is 14.6. The topological polar surface area (TPSA) is 134 Å². The Balaban J connectivity index is 1.40. The van der Waals surface area contributed by atoms with Crippen LogP contribution in [-0.4, -0.2) is 27.9 Å². The standard InChI is InChI=1S/C26H22FN5O5/c1-15-4-3-5-18(10-15)30-26(35)31-22-7-6-19(12-21(22)27)36-20-8-9-28-24(13-20)23-11-17(14-29-23)25(34)32-37-16(2)33/h3-14,29H,1-2H3,(H,32,34)(H2,30,31,35). The number of rotatable bonds is 6. The number of carbonyl (C=O) groups excluding carboxylic acids is 3. The molecule has 4 N–H and O–H groups in total. The van der Waals surface area contributed by atoms with Gasteiger partial charge in [0.1, 0.15) is 17.3 Å². The van der Waals surface area contributed by atoms with Gasteiger partial charge in [0.2, 0.25) is 0 Å². The molecule has 0 saturated heterocycles. The number of hydrogen-bond donors (Lipinski definition) is 4. The average Bonchev–Trinajstić information content (AvgIpc) is 3.35. The second-order valence-corrected chi connectivity index (χ2v) is 7.90. The lowest BCUT2D eigenvalue weighted by Gasteiger charge is -2.11. The summed E-state index contributed by atoms with van der Waals surface area (Å²) in [5, 5.41) is 5.12. The Hall–Kier alpha value is -5.19. The van der Waals surface area contributed by atoms with Crippen LogP contribution in [0.15, 0.2) is 73.1 Å². The molecule has 4 rings (SSSR count). The summed E-state index contributed by atoms with van der Waals surface area (Å²) in [7, 11) is 0. The maximum Gasteiger partial charge on any atom is 0.329 e. The lowest BCUT2D eigenvalue weighted by Crippen LogP contribution is -2.25. The van der Waals surface area contributed by atoms with Gasteiger partial charge >= 0.3 is 12.0 Å². The van der Waals surface area contributed by atoms with Crippen molar-refractivity contribution in [2.45, 2.75) is 13.8 Å². The summed E-state index contributed by atoms with van der Waals surface area (Å²) < 4.78 is 20.4. The zero-order chi connectivity index (χ0) is 26.4. The summed E-state index contributed by atoms with van der Waals surface area (Å²) in [5.41, 5.74) is 4.76. The van der Waals surface area contributed by atoms with E-state index in [0.29, 0.717) is 22.8 Å². The Kier molecular flexibility index (Phi) is 7.43. The lowest BCUT2D eigenvalue weighted by atomic mass is 10.2. The molecule has 2 heterocycles. The van der Waals surface area contributed by atoms with Crippen LogP contribution in [0, 0.1) is 12.7 Å². The van der Waals surface area contributed by atoms with E-state index in [-0.39, 0.29) is 17.0 Å². The Labute approximate surface area is 210 Å². The SMILES string of the molecule is CC(=O)ONC(=O)c1c[nH]c(-c2cc(Oc3ccc(NC(=O)Nc4cccc(C)c4)c(F)c3)ccn2)c1. The number of amides is 3. The molecule has 0 bridgehead atoms. The van der Waals surface area contributed by atoms with Gasteiger partial charge in [0.15, 0.2) is 0 Å². The molecule has 10 nitrogen and oxygen atoms in total. The largest absolute Gasteiger partial charge is 0.457 e. The predicted molar refractivity (Wildman–Crippen MR) is 134 cm³/mol. The molecule has 0 aliphatic rings. The molecule has 0 fully saturated rings. The Bertz CT molecular complexity index is 1470. The first kappa shape index (κ1) is 24.9. The Morgan fingerprint density at radius 3 is 2.54 bits per heavy atom. The highest BCUT2D eigenvalue weighted by atomic mass is 19.1. The van der Waals surface area contributed by atoms with Gasteiger partial charge in [-0.05, 0) is 48.9 Å². The first-order valence-corrected chi connectivity index (χ1v) is 11.0. The van der Waals surface area contributed by atoms with Crippen LogP contribution in [0.25, 0.3) is 11.4 Å². The van der Waals surface area contributed by atoms with Crippen molar-refractivity contribution in [3.8, 4) is 22.9 Å². The second kappa shape index (κ2) is 11.0. The van der Waals surface area contributed by atoms with Crippen molar-refractivity contribution < 1.29 is 28.3 Å². The number of ether oxygens (including phenoxy) is 1. The van der Waals surface area contributed by atoms with Crippen molar-refractivity contribution in [2.24, 2.45) is 0 Å². The van der Waals surface area contributed by atoms with Crippen molar-refractivity contribution in [3.63, 3.8) is 0 Å². The maximum atomic E-state index is 14.6. The highest BCUT2D eigenvalue weighted by Crippen LogP contribution is 2.28. The molecule has 2 aromatic carbocycles. The van der Waals surface area contributed by atoms with Gasteiger partial charge < -0.3 is 25.2 Å². The number of aromatic nitrogens is 2. The van der Waals surface area contributed by atoms with Crippen LogP contribution in [-0.2, 0) is 9.63 Å². The summed E-state index contributed by atoms with van der Waals surface area (Å²) in [4.78, 5) is 46.7. The van der Waals surface area contributed by atoms with E-state index in [1.807, 2.05) is 18.5 Å². The van der Waals surface area contributed by atoms with E-state index in [9.17, 15) is 18.8 Å². The number of anilines is 2. The van der Waals surface area contributed by atoms with E-state index in [4.69, 9.17) is 4.74 Å².